The lowest BCUT2D eigenvalue weighted by Crippen LogP contribution is -1.88. The molecule has 3 aromatic rings. The SMILES string of the molecule is COc1ccc(Cl)cc1-c1nc(-c2ccccc2)no1. The van der Waals surface area contributed by atoms with Crippen molar-refractivity contribution in [3.63, 3.8) is 0 Å². The summed E-state index contributed by atoms with van der Waals surface area (Å²) in [5, 5.41) is 4.57. The molecule has 4 nitrogen and oxygen atoms in total. The van der Waals surface area contributed by atoms with E-state index < -0.39 is 0 Å². The fourth-order valence-electron chi connectivity index (χ4n) is 1.88. The monoisotopic (exact) mass is 286 g/mol. The number of rotatable bonds is 3. The molecule has 2 aromatic carbocycles. The van der Waals surface area contributed by atoms with E-state index in [0.29, 0.717) is 28.1 Å². The van der Waals surface area contributed by atoms with Crippen LogP contribution in [0.3, 0.4) is 0 Å². The van der Waals surface area contributed by atoms with Gasteiger partial charge in [0, 0.05) is 10.6 Å². The fourth-order valence-corrected chi connectivity index (χ4v) is 2.06. The smallest absolute Gasteiger partial charge is 0.262 e. The van der Waals surface area contributed by atoms with Gasteiger partial charge < -0.3 is 9.26 Å². The third-order valence-corrected chi connectivity index (χ3v) is 3.09. The van der Waals surface area contributed by atoms with Crippen LogP contribution in [0.15, 0.2) is 53.1 Å². The Balaban J connectivity index is 2.04. The number of halogens is 1. The van der Waals surface area contributed by atoms with Gasteiger partial charge in [-0.25, -0.2) is 0 Å². The van der Waals surface area contributed by atoms with E-state index in [1.807, 2.05) is 30.3 Å². The molecule has 5 heteroatoms. The molecule has 20 heavy (non-hydrogen) atoms. The highest BCUT2D eigenvalue weighted by Gasteiger charge is 2.15. The Morgan fingerprint density at radius 2 is 1.90 bits per heavy atom. The summed E-state index contributed by atoms with van der Waals surface area (Å²) in [6.45, 7) is 0. The van der Waals surface area contributed by atoms with E-state index in [1.54, 1.807) is 25.3 Å². The normalized spacial score (nSPS) is 10.5. The Bertz CT molecular complexity index is 726. The van der Waals surface area contributed by atoms with Crippen LogP contribution >= 0.6 is 11.6 Å². The van der Waals surface area contributed by atoms with Crippen molar-refractivity contribution >= 4 is 11.6 Å². The maximum atomic E-state index is 6.00. The van der Waals surface area contributed by atoms with E-state index in [1.165, 1.54) is 0 Å². The van der Waals surface area contributed by atoms with Crippen molar-refractivity contribution in [1.82, 2.24) is 10.1 Å². The largest absolute Gasteiger partial charge is 0.496 e. The quantitative estimate of drug-likeness (QED) is 0.728. The second-order valence-corrected chi connectivity index (χ2v) is 4.57. The lowest BCUT2D eigenvalue weighted by molar-refractivity contribution is 0.405. The lowest BCUT2D eigenvalue weighted by atomic mass is 10.2. The van der Waals surface area contributed by atoms with Gasteiger partial charge in [-0.1, -0.05) is 47.1 Å². The van der Waals surface area contributed by atoms with E-state index >= 15 is 0 Å². The van der Waals surface area contributed by atoms with Gasteiger partial charge in [0.1, 0.15) is 5.75 Å². The van der Waals surface area contributed by atoms with Crippen LogP contribution in [0.2, 0.25) is 5.02 Å². The third-order valence-electron chi connectivity index (χ3n) is 2.85. The summed E-state index contributed by atoms with van der Waals surface area (Å²) in [6, 6.07) is 14.9. The third kappa shape index (κ3) is 2.38. The van der Waals surface area contributed by atoms with Crippen LogP contribution in [0.1, 0.15) is 0 Å². The molecule has 0 saturated carbocycles. The highest BCUT2D eigenvalue weighted by atomic mass is 35.5. The molecular formula is C15H11ClN2O2. The zero-order valence-electron chi connectivity index (χ0n) is 10.7. The number of methoxy groups -OCH3 is 1. The fraction of sp³-hybridized carbons (Fsp3) is 0.0667. The van der Waals surface area contributed by atoms with Gasteiger partial charge in [-0.15, -0.1) is 0 Å². The predicted octanol–water partition coefficient (Wildman–Crippen LogP) is 4.07. The summed E-state index contributed by atoms with van der Waals surface area (Å²) in [5.41, 5.74) is 1.57. The number of nitrogens with zero attached hydrogens (tertiary/aromatic N) is 2. The van der Waals surface area contributed by atoms with E-state index in [2.05, 4.69) is 10.1 Å². The van der Waals surface area contributed by atoms with Crippen LogP contribution in [-0.4, -0.2) is 17.3 Å². The lowest BCUT2D eigenvalue weighted by Gasteiger charge is -2.04. The molecule has 3 rings (SSSR count). The van der Waals surface area contributed by atoms with Crippen LogP contribution in [0.5, 0.6) is 5.75 Å². The number of hydrogen-bond acceptors (Lipinski definition) is 4. The van der Waals surface area contributed by atoms with Gasteiger partial charge in [0.25, 0.3) is 5.89 Å². The van der Waals surface area contributed by atoms with Gasteiger partial charge in [-0.05, 0) is 18.2 Å². The minimum absolute atomic E-state index is 0.378. The molecule has 0 fully saturated rings. The maximum Gasteiger partial charge on any atom is 0.262 e. The molecule has 0 spiro atoms. The van der Waals surface area contributed by atoms with Crippen LogP contribution in [0.25, 0.3) is 22.8 Å². The van der Waals surface area contributed by atoms with Crippen LogP contribution in [0, 0.1) is 0 Å². The molecular weight excluding hydrogens is 276 g/mol. The summed E-state index contributed by atoms with van der Waals surface area (Å²) >= 11 is 6.00. The van der Waals surface area contributed by atoms with E-state index in [4.69, 9.17) is 20.9 Å². The van der Waals surface area contributed by atoms with Crippen molar-refractivity contribution < 1.29 is 9.26 Å². The van der Waals surface area contributed by atoms with Crippen molar-refractivity contribution in [3.05, 3.63) is 53.6 Å². The second kappa shape index (κ2) is 5.35. The molecule has 100 valence electrons. The van der Waals surface area contributed by atoms with Crippen molar-refractivity contribution in [2.45, 2.75) is 0 Å². The summed E-state index contributed by atoms with van der Waals surface area (Å²) in [6.07, 6.45) is 0. The molecule has 0 radical (unpaired) electrons. The Hall–Kier alpha value is -2.33. The van der Waals surface area contributed by atoms with Crippen LogP contribution in [-0.2, 0) is 0 Å². The van der Waals surface area contributed by atoms with Gasteiger partial charge >= 0.3 is 0 Å². The van der Waals surface area contributed by atoms with Crippen LogP contribution < -0.4 is 4.74 Å². The van der Waals surface area contributed by atoms with Gasteiger partial charge in [0.05, 0.1) is 12.7 Å². The van der Waals surface area contributed by atoms with E-state index in [0.717, 1.165) is 5.56 Å². The van der Waals surface area contributed by atoms with Gasteiger partial charge in [-0.2, -0.15) is 4.98 Å². The van der Waals surface area contributed by atoms with Crippen molar-refractivity contribution in [2.24, 2.45) is 0 Å². The Kier molecular flexibility index (Phi) is 3.39. The molecule has 0 unspecified atom stereocenters. The molecule has 0 saturated heterocycles. The van der Waals surface area contributed by atoms with Gasteiger partial charge in [0.15, 0.2) is 0 Å². The van der Waals surface area contributed by atoms with Crippen LogP contribution in [0.4, 0.5) is 0 Å². The highest BCUT2D eigenvalue weighted by molar-refractivity contribution is 6.30. The van der Waals surface area contributed by atoms with Gasteiger partial charge in [0.2, 0.25) is 5.82 Å². The Labute approximate surface area is 121 Å². The summed E-state index contributed by atoms with van der Waals surface area (Å²) < 4.78 is 10.6. The molecule has 0 amide bonds. The minimum Gasteiger partial charge on any atom is -0.496 e. The number of hydrogen-bond donors (Lipinski definition) is 0. The zero-order chi connectivity index (χ0) is 13.9. The molecule has 1 aromatic heterocycles. The standard InChI is InChI=1S/C15H11ClN2O2/c1-19-13-8-7-11(16)9-12(13)15-17-14(18-20-15)10-5-3-2-4-6-10/h2-9H,1H3. The first kappa shape index (κ1) is 12.7. The first-order valence-electron chi connectivity index (χ1n) is 6.01. The van der Waals surface area contributed by atoms with Crippen molar-refractivity contribution in [2.75, 3.05) is 7.11 Å². The molecule has 0 atom stereocenters. The van der Waals surface area contributed by atoms with Gasteiger partial charge in [-0.3, -0.25) is 0 Å². The number of aromatic nitrogens is 2. The minimum atomic E-state index is 0.378. The topological polar surface area (TPSA) is 48.2 Å². The Morgan fingerprint density at radius 3 is 2.65 bits per heavy atom. The van der Waals surface area contributed by atoms with E-state index in [9.17, 15) is 0 Å². The van der Waals surface area contributed by atoms with Crippen molar-refractivity contribution in [1.29, 1.82) is 0 Å². The average Bonchev–Trinajstić information content (AvgIpc) is 2.98. The van der Waals surface area contributed by atoms with Crippen molar-refractivity contribution in [3.8, 4) is 28.6 Å². The first-order valence-corrected chi connectivity index (χ1v) is 6.39. The first-order chi connectivity index (χ1) is 9.78. The summed E-state index contributed by atoms with van der Waals surface area (Å²) in [7, 11) is 1.58. The molecule has 0 aliphatic carbocycles. The predicted molar refractivity (Wildman–Crippen MR) is 76.7 cm³/mol. The zero-order valence-corrected chi connectivity index (χ0v) is 11.5. The molecule has 0 aliphatic rings. The summed E-state index contributed by atoms with van der Waals surface area (Å²) in [4.78, 5) is 4.38. The molecule has 1 heterocycles. The Morgan fingerprint density at radius 1 is 1.10 bits per heavy atom. The second-order valence-electron chi connectivity index (χ2n) is 4.13. The molecule has 0 N–H and O–H groups in total. The molecule has 0 bridgehead atoms. The van der Waals surface area contributed by atoms with E-state index in [-0.39, 0.29) is 0 Å². The highest BCUT2D eigenvalue weighted by Crippen LogP contribution is 2.32. The summed E-state index contributed by atoms with van der Waals surface area (Å²) in [5.74, 6) is 1.54. The molecule has 0 aliphatic heterocycles. The average molecular weight is 287 g/mol. The number of ether oxygens (including phenoxy) is 1. The maximum absolute atomic E-state index is 6.00. The number of benzene rings is 2.